The summed E-state index contributed by atoms with van der Waals surface area (Å²) in [4.78, 5) is 14.5. The minimum Gasteiger partial charge on any atom is -0.494 e. The Morgan fingerprint density at radius 2 is 1.71 bits per heavy atom. The van der Waals surface area contributed by atoms with Crippen molar-refractivity contribution in [2.75, 3.05) is 11.9 Å². The minimum absolute atomic E-state index is 0.173. The molecule has 1 aromatic heterocycles. The number of nitrogens with zero attached hydrogens (tertiary/aromatic N) is 3. The largest absolute Gasteiger partial charge is 0.494 e. The number of nitrogens with one attached hydrogen (secondary N) is 2. The normalized spacial score (nSPS) is 10.9. The van der Waals surface area contributed by atoms with Gasteiger partial charge in [-0.15, -0.1) is 10.2 Å². The number of hydrogen-bond donors (Lipinski definition) is 2. The Morgan fingerprint density at radius 3 is 2.51 bits per heavy atom. The smallest absolute Gasteiger partial charge is 0.258 e. The topological polar surface area (TPSA) is 81.1 Å². The fourth-order valence-corrected chi connectivity index (χ4v) is 4.20. The van der Waals surface area contributed by atoms with Gasteiger partial charge in [0.1, 0.15) is 16.8 Å². The van der Waals surface area contributed by atoms with Gasteiger partial charge in [-0.25, -0.2) is 0 Å². The van der Waals surface area contributed by atoms with Crippen LogP contribution in [0.2, 0.25) is 5.02 Å². The van der Waals surface area contributed by atoms with Crippen LogP contribution in [0.4, 0.5) is 5.69 Å². The third-order valence-electron chi connectivity index (χ3n) is 5.36. The number of benzene rings is 4. The Hall–Kier alpha value is -4.01. The Balaban J connectivity index is 1.31. The molecule has 0 fully saturated rings. The van der Waals surface area contributed by atoms with Crippen molar-refractivity contribution >= 4 is 62.3 Å². The number of hydrogen-bond acceptors (Lipinski definition) is 5. The molecule has 0 saturated carbocycles. The van der Waals surface area contributed by atoms with E-state index in [1.165, 1.54) is 0 Å². The molecule has 9 heteroatoms. The van der Waals surface area contributed by atoms with Crippen molar-refractivity contribution in [3.63, 3.8) is 0 Å². The maximum absolute atomic E-state index is 12.9. The predicted molar refractivity (Wildman–Crippen MR) is 143 cm³/mol. The first-order valence-corrected chi connectivity index (χ1v) is 11.7. The Labute approximate surface area is 211 Å². The highest BCUT2D eigenvalue weighted by Crippen LogP contribution is 2.26. The molecule has 0 aliphatic rings. The van der Waals surface area contributed by atoms with Crippen molar-refractivity contribution in [1.82, 2.24) is 20.3 Å². The summed E-state index contributed by atoms with van der Waals surface area (Å²) in [6.07, 6.45) is 0. The lowest BCUT2D eigenvalue weighted by molar-refractivity contribution is 0.0979. The average molecular weight is 502 g/mol. The number of fused-ring (bicyclic) bond motifs is 2. The summed E-state index contributed by atoms with van der Waals surface area (Å²) in [5, 5.41) is 17.2. The third-order valence-corrected chi connectivity index (χ3v) is 5.89. The van der Waals surface area contributed by atoms with E-state index < -0.39 is 0 Å². The first kappa shape index (κ1) is 22.8. The van der Waals surface area contributed by atoms with Crippen molar-refractivity contribution < 1.29 is 9.53 Å². The van der Waals surface area contributed by atoms with Crippen LogP contribution in [0.5, 0.6) is 5.75 Å². The van der Waals surface area contributed by atoms with Crippen LogP contribution in [0.15, 0.2) is 78.9 Å². The first-order valence-electron chi connectivity index (χ1n) is 10.9. The summed E-state index contributed by atoms with van der Waals surface area (Å²) in [5.74, 6) is 0.472. The lowest BCUT2D eigenvalue weighted by Gasteiger charge is -2.11. The van der Waals surface area contributed by atoms with Gasteiger partial charge in [0.15, 0.2) is 5.11 Å². The Kier molecular flexibility index (Phi) is 6.31. The zero-order valence-corrected chi connectivity index (χ0v) is 20.2. The van der Waals surface area contributed by atoms with Crippen LogP contribution < -0.4 is 15.4 Å². The maximum atomic E-state index is 12.9. The number of amides is 1. The molecular formula is C26H20ClN5O2S. The number of carbonyl (C=O) groups excluding carboxylic acids is 1. The molecular weight excluding hydrogens is 482 g/mol. The van der Waals surface area contributed by atoms with Gasteiger partial charge in [-0.05, 0) is 79.1 Å². The van der Waals surface area contributed by atoms with Gasteiger partial charge in [0.05, 0.1) is 12.3 Å². The van der Waals surface area contributed by atoms with E-state index >= 15 is 0 Å². The summed E-state index contributed by atoms with van der Waals surface area (Å²) in [6, 6.07) is 23.9. The van der Waals surface area contributed by atoms with E-state index in [1.807, 2.05) is 67.6 Å². The monoisotopic (exact) mass is 501 g/mol. The van der Waals surface area contributed by atoms with Gasteiger partial charge in [0, 0.05) is 21.7 Å². The van der Waals surface area contributed by atoms with Crippen LogP contribution in [0.25, 0.3) is 27.5 Å². The van der Waals surface area contributed by atoms with Crippen LogP contribution >= 0.6 is 23.8 Å². The van der Waals surface area contributed by atoms with E-state index in [2.05, 4.69) is 20.8 Å². The molecule has 7 nitrogen and oxygen atoms in total. The van der Waals surface area contributed by atoms with Crippen molar-refractivity contribution in [3.8, 4) is 11.4 Å². The molecule has 0 atom stereocenters. The number of thiocarbonyl (C=S) groups is 1. The number of halogens is 1. The molecule has 2 N–H and O–H groups in total. The Bertz CT molecular complexity index is 1570. The maximum Gasteiger partial charge on any atom is 0.258 e. The van der Waals surface area contributed by atoms with Crippen LogP contribution in [0.1, 0.15) is 17.3 Å². The molecule has 0 saturated heterocycles. The van der Waals surface area contributed by atoms with Crippen molar-refractivity contribution in [3.05, 3.63) is 89.4 Å². The molecule has 0 aliphatic heterocycles. The highest BCUT2D eigenvalue weighted by molar-refractivity contribution is 7.80. The molecule has 1 amide bonds. The van der Waals surface area contributed by atoms with Crippen LogP contribution in [0.3, 0.4) is 0 Å². The molecule has 0 aliphatic carbocycles. The van der Waals surface area contributed by atoms with Crippen molar-refractivity contribution in [1.29, 1.82) is 0 Å². The van der Waals surface area contributed by atoms with E-state index in [9.17, 15) is 4.79 Å². The molecule has 174 valence electrons. The van der Waals surface area contributed by atoms with E-state index in [1.54, 1.807) is 23.0 Å². The van der Waals surface area contributed by atoms with Crippen LogP contribution in [-0.2, 0) is 0 Å². The summed E-state index contributed by atoms with van der Waals surface area (Å²) < 4.78 is 5.48. The van der Waals surface area contributed by atoms with Gasteiger partial charge >= 0.3 is 0 Å². The molecule has 5 rings (SSSR count). The van der Waals surface area contributed by atoms with Gasteiger partial charge in [-0.2, -0.15) is 4.80 Å². The number of anilines is 1. The van der Waals surface area contributed by atoms with Crippen LogP contribution in [0, 0.1) is 0 Å². The summed E-state index contributed by atoms with van der Waals surface area (Å²) in [6.45, 7) is 2.55. The summed E-state index contributed by atoms with van der Waals surface area (Å²) in [7, 11) is 0. The van der Waals surface area contributed by atoms with E-state index in [4.69, 9.17) is 28.6 Å². The third kappa shape index (κ3) is 4.80. The molecule has 0 unspecified atom stereocenters. The summed E-state index contributed by atoms with van der Waals surface area (Å²) in [5.41, 5.74) is 3.40. The van der Waals surface area contributed by atoms with Gasteiger partial charge < -0.3 is 10.1 Å². The number of rotatable bonds is 5. The number of carbonyl (C=O) groups is 1. The summed E-state index contributed by atoms with van der Waals surface area (Å²) >= 11 is 11.6. The zero-order chi connectivity index (χ0) is 24.4. The predicted octanol–water partition coefficient (Wildman–Crippen LogP) is 5.75. The standard InChI is InChI=1S/C26H20ClN5O2S/c1-2-34-18-12-10-17(11-13-18)32-30-23-14-9-16(15-24(23)31-32)28-26(35)29-25(33)21-7-3-6-20-19(21)5-4-8-22(20)27/h3-15H,2H2,1H3,(H2,28,29,33,35). The molecule has 0 spiro atoms. The second-order valence-corrected chi connectivity index (χ2v) is 8.48. The molecule has 0 bridgehead atoms. The van der Waals surface area contributed by atoms with Gasteiger partial charge in [-0.1, -0.05) is 35.9 Å². The molecule has 0 radical (unpaired) electrons. The quantitative estimate of drug-likeness (QED) is 0.298. The minimum atomic E-state index is -0.321. The van der Waals surface area contributed by atoms with Crippen LogP contribution in [-0.4, -0.2) is 32.6 Å². The number of aromatic nitrogens is 3. The Morgan fingerprint density at radius 1 is 0.971 bits per heavy atom. The van der Waals surface area contributed by atoms with E-state index in [0.717, 1.165) is 27.7 Å². The lowest BCUT2D eigenvalue weighted by atomic mass is 10.0. The number of ether oxygens (including phenoxy) is 1. The molecule has 4 aromatic carbocycles. The SMILES string of the molecule is CCOc1ccc(-n2nc3ccc(NC(=S)NC(=O)c4cccc5c(Cl)cccc45)cc3n2)cc1. The molecule has 5 aromatic rings. The van der Waals surface area contributed by atoms with Gasteiger partial charge in [-0.3, -0.25) is 10.1 Å². The fourth-order valence-electron chi connectivity index (χ4n) is 3.75. The molecule has 1 heterocycles. The fraction of sp³-hybridized carbons (Fsp3) is 0.0769. The average Bonchev–Trinajstić information content (AvgIpc) is 3.28. The second kappa shape index (κ2) is 9.69. The van der Waals surface area contributed by atoms with Gasteiger partial charge in [0.25, 0.3) is 5.91 Å². The second-order valence-electron chi connectivity index (χ2n) is 7.67. The van der Waals surface area contributed by atoms with E-state index in [0.29, 0.717) is 28.4 Å². The first-order chi connectivity index (χ1) is 17.0. The van der Waals surface area contributed by atoms with Gasteiger partial charge in [0.2, 0.25) is 0 Å². The van der Waals surface area contributed by atoms with Crippen molar-refractivity contribution in [2.45, 2.75) is 6.92 Å². The lowest BCUT2D eigenvalue weighted by Crippen LogP contribution is -2.34. The highest BCUT2D eigenvalue weighted by Gasteiger charge is 2.13. The zero-order valence-electron chi connectivity index (χ0n) is 18.7. The molecule has 35 heavy (non-hydrogen) atoms. The highest BCUT2D eigenvalue weighted by atomic mass is 35.5. The van der Waals surface area contributed by atoms with Crippen molar-refractivity contribution in [2.24, 2.45) is 0 Å². The van der Waals surface area contributed by atoms with E-state index in [-0.39, 0.29) is 11.0 Å².